The molecule has 6 aromatic carbocycles. The first-order valence-corrected chi connectivity index (χ1v) is 22.3. The maximum absolute atomic E-state index is 13.6. The summed E-state index contributed by atoms with van der Waals surface area (Å²) in [5.41, 5.74) is 1.04. The molecule has 0 radical (unpaired) electrons. The van der Waals surface area contributed by atoms with Crippen molar-refractivity contribution in [3.05, 3.63) is 182 Å². The molecule has 8 rings (SSSR count). The Kier molecular flexibility index (Phi) is 12.4. The first-order valence-electron chi connectivity index (χ1n) is 19.4. The number of nitrogens with zero attached hydrogens (tertiary/aromatic N) is 4. The quantitative estimate of drug-likeness (QED) is 0.127. The van der Waals surface area contributed by atoms with Gasteiger partial charge in [0, 0.05) is 0 Å². The Hall–Kier alpha value is -7.05. The first kappa shape index (κ1) is 45.0. The lowest BCUT2D eigenvalue weighted by Gasteiger charge is -2.15. The lowest BCUT2D eigenvalue weighted by Crippen LogP contribution is -2.28. The Bertz CT molecular complexity index is 3370. The van der Waals surface area contributed by atoms with Gasteiger partial charge in [-0.3, -0.25) is 9.59 Å². The van der Waals surface area contributed by atoms with E-state index < -0.39 is 42.9 Å². The molecule has 0 saturated heterocycles. The molecule has 0 bridgehead atoms. The molecule has 0 amide bonds. The topological polar surface area (TPSA) is 150 Å². The Labute approximate surface area is 365 Å². The predicted octanol–water partition coefficient (Wildman–Crippen LogP) is 7.84. The van der Waals surface area contributed by atoms with Crippen LogP contribution in [0.2, 0.25) is 0 Å². The highest BCUT2D eigenvalue weighted by molar-refractivity contribution is 7.90. The molecule has 13 nitrogen and oxygen atoms in total. The zero-order valence-corrected chi connectivity index (χ0v) is 36.7. The van der Waals surface area contributed by atoms with Gasteiger partial charge in [-0.15, -0.1) is 0 Å². The number of halogens is 3. The summed E-state index contributed by atoms with van der Waals surface area (Å²) in [5.74, 6) is 1.44. The molecule has 0 unspecified atom stereocenters. The number of hydrogen-bond acceptors (Lipinski definition) is 9. The summed E-state index contributed by atoms with van der Waals surface area (Å²) in [4.78, 5) is 26.6. The minimum atomic E-state index is -4.57. The van der Waals surface area contributed by atoms with E-state index in [1.807, 2.05) is 13.0 Å². The van der Waals surface area contributed by atoms with Gasteiger partial charge in [-0.25, -0.2) is 9.36 Å². The van der Waals surface area contributed by atoms with Gasteiger partial charge in [-0.2, -0.15) is 38.2 Å². The number of methoxy groups -OCH3 is 3. The van der Waals surface area contributed by atoms with Gasteiger partial charge in [0.15, 0.2) is 0 Å². The van der Waals surface area contributed by atoms with E-state index in [1.54, 1.807) is 86.8 Å². The highest BCUT2D eigenvalue weighted by Crippen LogP contribution is 2.31. The van der Waals surface area contributed by atoms with Crippen LogP contribution in [0.15, 0.2) is 153 Å². The Balaban J connectivity index is 0.000000192. The van der Waals surface area contributed by atoms with E-state index in [0.29, 0.717) is 17.2 Å². The van der Waals surface area contributed by atoms with Gasteiger partial charge in [0.05, 0.1) is 71.6 Å². The molecule has 0 aliphatic carbocycles. The molecule has 0 aliphatic rings. The van der Waals surface area contributed by atoms with Crippen LogP contribution in [0.4, 0.5) is 13.2 Å². The van der Waals surface area contributed by atoms with Crippen molar-refractivity contribution in [3.8, 4) is 17.2 Å². The van der Waals surface area contributed by atoms with Crippen LogP contribution in [0.1, 0.15) is 27.8 Å². The second kappa shape index (κ2) is 17.6. The van der Waals surface area contributed by atoms with Crippen LogP contribution in [-0.2, 0) is 39.3 Å². The Morgan fingerprint density at radius 2 is 0.891 bits per heavy atom. The predicted molar refractivity (Wildman–Crippen MR) is 236 cm³/mol. The molecule has 0 saturated carbocycles. The van der Waals surface area contributed by atoms with Crippen molar-refractivity contribution in [2.45, 2.75) is 42.9 Å². The minimum Gasteiger partial charge on any atom is -0.497 e. The standard InChI is InChI=1S/C23H19F3N2O4S.C23H22N2O5S/c1-15-6-9-19(10-7-15)33(30,31)28-21-11-8-18(32-2)13-20(21)22(29)27(28)14-16-4-3-5-17(12-16)23(24,25)26;1-16-7-10-20(11-8-16)31(27,28)25-22-12-9-19(30-3)14-21(22)23(26)24(25)15-17-5-4-6-18(13-17)29-2/h3-13H,14H2,1-2H3;4-14H,15H2,1-3H3. The van der Waals surface area contributed by atoms with E-state index in [9.17, 15) is 39.6 Å². The van der Waals surface area contributed by atoms with E-state index in [4.69, 9.17) is 14.2 Å². The average molecular weight is 915 g/mol. The molecular weight excluding hydrogens is 874 g/mol. The fourth-order valence-corrected chi connectivity index (χ4v) is 10.0. The second-order valence-electron chi connectivity index (χ2n) is 14.7. The number of benzene rings is 6. The van der Waals surface area contributed by atoms with Crippen LogP contribution >= 0.6 is 0 Å². The lowest BCUT2D eigenvalue weighted by atomic mass is 10.1. The normalized spacial score (nSPS) is 11.9. The van der Waals surface area contributed by atoms with Crippen molar-refractivity contribution in [2.24, 2.45) is 0 Å². The number of hydrogen-bond donors (Lipinski definition) is 0. The maximum atomic E-state index is 13.6. The number of alkyl halides is 3. The van der Waals surface area contributed by atoms with Gasteiger partial charge in [0.2, 0.25) is 0 Å². The van der Waals surface area contributed by atoms with E-state index in [1.165, 1.54) is 61.4 Å². The van der Waals surface area contributed by atoms with E-state index in [-0.39, 0.29) is 50.2 Å². The third-order valence-electron chi connectivity index (χ3n) is 10.3. The largest absolute Gasteiger partial charge is 0.497 e. The van der Waals surface area contributed by atoms with Gasteiger partial charge in [0.1, 0.15) is 17.2 Å². The summed E-state index contributed by atoms with van der Waals surface area (Å²) in [6.07, 6.45) is -4.57. The van der Waals surface area contributed by atoms with Gasteiger partial charge >= 0.3 is 6.18 Å². The SMILES string of the molecule is COc1ccc2c(c1)c(=O)n(Cc1cccc(C(F)(F)F)c1)n2S(=O)(=O)c1ccc(C)cc1.COc1cccc(Cn2c(=O)c3cc(OC)ccc3n2S(=O)(=O)c2ccc(C)cc2)c1. The molecular formula is C46H41F3N4O9S2. The van der Waals surface area contributed by atoms with Gasteiger partial charge in [-0.1, -0.05) is 59.7 Å². The first-order chi connectivity index (χ1) is 30.4. The van der Waals surface area contributed by atoms with Crippen molar-refractivity contribution in [2.75, 3.05) is 21.3 Å². The summed E-state index contributed by atoms with van der Waals surface area (Å²) in [7, 11) is -3.84. The number of rotatable bonds is 11. The third kappa shape index (κ3) is 8.78. The van der Waals surface area contributed by atoms with Crippen LogP contribution in [0.3, 0.4) is 0 Å². The summed E-state index contributed by atoms with van der Waals surface area (Å²) in [6.45, 7) is 3.35. The number of aryl methyl sites for hydroxylation is 2. The fourth-order valence-electron chi connectivity index (χ4n) is 7.04. The fraction of sp³-hybridized carbons (Fsp3) is 0.174. The van der Waals surface area contributed by atoms with Crippen molar-refractivity contribution < 1.29 is 44.2 Å². The summed E-state index contributed by atoms with van der Waals surface area (Å²) in [6, 6.07) is 33.3. The second-order valence-corrected chi connectivity index (χ2v) is 18.2. The van der Waals surface area contributed by atoms with Crippen LogP contribution in [0, 0.1) is 13.8 Å². The molecule has 64 heavy (non-hydrogen) atoms. The molecule has 2 aromatic heterocycles. The molecule has 0 spiro atoms. The third-order valence-corrected chi connectivity index (χ3v) is 13.8. The zero-order chi connectivity index (χ0) is 46.1. The molecule has 0 fully saturated rings. The monoisotopic (exact) mass is 914 g/mol. The summed E-state index contributed by atoms with van der Waals surface area (Å²) >= 11 is 0. The molecule has 8 aromatic rings. The van der Waals surface area contributed by atoms with Gasteiger partial charge < -0.3 is 14.2 Å². The molecule has 0 N–H and O–H groups in total. The van der Waals surface area contributed by atoms with Crippen molar-refractivity contribution in [1.29, 1.82) is 0 Å². The Morgan fingerprint density at radius 3 is 1.30 bits per heavy atom. The minimum absolute atomic E-state index is 0.0537. The van der Waals surface area contributed by atoms with Crippen LogP contribution in [-0.4, -0.2) is 55.7 Å². The highest BCUT2D eigenvalue weighted by Gasteiger charge is 2.31. The highest BCUT2D eigenvalue weighted by atomic mass is 32.2. The average Bonchev–Trinajstić information content (AvgIpc) is 3.72. The maximum Gasteiger partial charge on any atom is 0.416 e. The number of fused-ring (bicyclic) bond motifs is 2. The van der Waals surface area contributed by atoms with E-state index in [2.05, 4.69) is 0 Å². The summed E-state index contributed by atoms with van der Waals surface area (Å²) < 4.78 is 114. The van der Waals surface area contributed by atoms with Crippen molar-refractivity contribution >= 4 is 41.9 Å². The van der Waals surface area contributed by atoms with Crippen molar-refractivity contribution in [3.63, 3.8) is 0 Å². The van der Waals surface area contributed by atoms with Gasteiger partial charge in [0.25, 0.3) is 31.2 Å². The molecule has 2 heterocycles. The zero-order valence-electron chi connectivity index (χ0n) is 35.0. The van der Waals surface area contributed by atoms with E-state index >= 15 is 0 Å². The van der Waals surface area contributed by atoms with Crippen molar-refractivity contribution in [1.82, 2.24) is 17.5 Å². The lowest BCUT2D eigenvalue weighted by molar-refractivity contribution is -0.137. The molecule has 332 valence electrons. The molecule has 0 atom stereocenters. The van der Waals surface area contributed by atoms with Crippen LogP contribution < -0.4 is 25.3 Å². The molecule has 0 aliphatic heterocycles. The molecule has 18 heteroatoms. The smallest absolute Gasteiger partial charge is 0.416 e. The summed E-state index contributed by atoms with van der Waals surface area (Å²) in [5, 5.41) is 0.329. The number of aromatic nitrogens is 4. The van der Waals surface area contributed by atoms with E-state index in [0.717, 1.165) is 41.7 Å². The van der Waals surface area contributed by atoms with Crippen LogP contribution in [0.5, 0.6) is 17.2 Å². The Morgan fingerprint density at radius 1 is 0.500 bits per heavy atom. The number of ether oxygens (including phenoxy) is 3. The van der Waals surface area contributed by atoms with Gasteiger partial charge in [-0.05, 0) is 110 Å². The van der Waals surface area contributed by atoms with Crippen LogP contribution in [0.25, 0.3) is 21.8 Å².